The third kappa shape index (κ3) is 3.51. The molecule has 0 unspecified atom stereocenters. The Labute approximate surface area is 113 Å². The highest BCUT2D eigenvalue weighted by atomic mass is 32.2. The van der Waals surface area contributed by atoms with Crippen LogP contribution in [0.15, 0.2) is 17.2 Å². The number of carbonyl (C=O) groups is 1. The largest absolute Gasteiger partial charge is 0.477 e. The van der Waals surface area contributed by atoms with Crippen molar-refractivity contribution < 1.29 is 31.5 Å². The molecule has 0 saturated carbocycles. The molecule has 0 aliphatic carbocycles. The van der Waals surface area contributed by atoms with Crippen molar-refractivity contribution in [2.45, 2.75) is 24.5 Å². The third-order valence-corrected chi connectivity index (χ3v) is 4.31. The Morgan fingerprint density at radius 1 is 1.45 bits per heavy atom. The summed E-state index contributed by atoms with van der Waals surface area (Å²) in [7, 11) is -3.60. The normalized spacial score (nSPS) is 12.9. The number of aromatic carboxylic acids is 1. The molecule has 1 aromatic rings. The molecule has 0 saturated heterocycles. The van der Waals surface area contributed by atoms with Gasteiger partial charge in [0.05, 0.1) is 0 Å². The number of halogens is 3. The molecule has 6 nitrogen and oxygen atoms in total. The van der Waals surface area contributed by atoms with E-state index in [1.165, 1.54) is 0 Å². The van der Waals surface area contributed by atoms with Crippen LogP contribution in [0.25, 0.3) is 0 Å². The molecule has 0 amide bonds. The molecule has 114 valence electrons. The summed E-state index contributed by atoms with van der Waals surface area (Å²) in [5, 5.41) is 8.89. The summed E-state index contributed by atoms with van der Waals surface area (Å²) in [5.74, 6) is -1.35. The summed E-state index contributed by atoms with van der Waals surface area (Å²) >= 11 is 0. The maximum atomic E-state index is 12.2. The Morgan fingerprint density at radius 3 is 2.35 bits per heavy atom. The average Bonchev–Trinajstić information content (AvgIpc) is 2.70. The van der Waals surface area contributed by atoms with E-state index in [1.807, 2.05) is 0 Å². The predicted octanol–water partition coefficient (Wildman–Crippen LogP) is 1.39. The van der Waals surface area contributed by atoms with Crippen molar-refractivity contribution in [2.75, 3.05) is 13.6 Å². The first-order valence-electron chi connectivity index (χ1n) is 5.45. The quantitative estimate of drug-likeness (QED) is 0.890. The van der Waals surface area contributed by atoms with Crippen molar-refractivity contribution in [2.24, 2.45) is 0 Å². The van der Waals surface area contributed by atoms with Crippen LogP contribution in [0.3, 0.4) is 0 Å². The van der Waals surface area contributed by atoms with Crippen LogP contribution in [-0.2, 0) is 16.6 Å². The fraction of sp³-hybridized carbons (Fsp3) is 0.500. The summed E-state index contributed by atoms with van der Waals surface area (Å²) in [5.41, 5.74) is -0.300. The third-order valence-electron chi connectivity index (χ3n) is 2.54. The van der Waals surface area contributed by atoms with Crippen LogP contribution >= 0.6 is 0 Å². The van der Waals surface area contributed by atoms with Gasteiger partial charge in [-0.25, -0.2) is 13.2 Å². The Bertz CT molecular complexity index is 607. The van der Waals surface area contributed by atoms with Crippen LogP contribution in [0.4, 0.5) is 13.2 Å². The van der Waals surface area contributed by atoms with E-state index in [1.54, 1.807) is 6.92 Å². The Hall–Kier alpha value is -1.55. The van der Waals surface area contributed by atoms with Gasteiger partial charge in [0.15, 0.2) is 0 Å². The number of hydrogen-bond acceptors (Lipinski definition) is 3. The molecular formula is C10H13F3N2O4S. The van der Waals surface area contributed by atoms with E-state index in [2.05, 4.69) is 0 Å². The number of hydrogen-bond donors (Lipinski definition) is 1. The average molecular weight is 314 g/mol. The summed E-state index contributed by atoms with van der Waals surface area (Å²) in [4.78, 5) is 10.4. The van der Waals surface area contributed by atoms with E-state index in [4.69, 9.17) is 5.11 Å². The molecule has 0 aliphatic rings. The summed E-state index contributed by atoms with van der Waals surface area (Å²) in [6.07, 6.45) is -3.67. The second-order valence-electron chi connectivity index (χ2n) is 4.03. The first kappa shape index (κ1) is 16.5. The maximum Gasteiger partial charge on any atom is 0.402 e. The van der Waals surface area contributed by atoms with Crippen LogP contribution < -0.4 is 0 Å². The van der Waals surface area contributed by atoms with Gasteiger partial charge in [-0.1, -0.05) is 0 Å². The molecule has 1 heterocycles. The number of carboxylic acids is 1. The Kier molecular flexibility index (Phi) is 4.49. The predicted molar refractivity (Wildman–Crippen MR) is 62.9 cm³/mol. The van der Waals surface area contributed by atoms with E-state index < -0.39 is 33.6 Å². The molecule has 20 heavy (non-hydrogen) atoms. The van der Waals surface area contributed by atoms with Crippen LogP contribution in [0.2, 0.25) is 0 Å². The molecule has 1 aromatic heterocycles. The first-order valence-corrected chi connectivity index (χ1v) is 6.89. The van der Waals surface area contributed by atoms with Crippen LogP contribution in [0.1, 0.15) is 17.4 Å². The van der Waals surface area contributed by atoms with Gasteiger partial charge in [0.25, 0.3) is 0 Å². The van der Waals surface area contributed by atoms with Gasteiger partial charge >= 0.3 is 12.1 Å². The van der Waals surface area contributed by atoms with E-state index in [0.717, 1.165) is 23.9 Å². The fourth-order valence-electron chi connectivity index (χ4n) is 1.58. The minimum Gasteiger partial charge on any atom is -0.477 e. The maximum absolute atomic E-state index is 12.2. The van der Waals surface area contributed by atoms with Crippen molar-refractivity contribution in [3.63, 3.8) is 0 Å². The number of carboxylic acid groups (broad SMARTS) is 1. The number of aryl methyl sites for hydroxylation is 1. The number of rotatable bonds is 5. The van der Waals surface area contributed by atoms with Gasteiger partial charge in [0.1, 0.15) is 17.1 Å². The molecule has 1 rings (SSSR count). The smallest absolute Gasteiger partial charge is 0.402 e. The minimum atomic E-state index is -4.68. The molecule has 10 heteroatoms. The number of alkyl halides is 3. The van der Waals surface area contributed by atoms with E-state index >= 15 is 0 Å². The molecule has 0 fully saturated rings. The van der Waals surface area contributed by atoms with Gasteiger partial charge in [0, 0.05) is 19.8 Å². The summed E-state index contributed by atoms with van der Waals surface area (Å²) in [6, 6.07) is 0.841. The highest BCUT2D eigenvalue weighted by Gasteiger charge is 2.35. The van der Waals surface area contributed by atoms with Crippen molar-refractivity contribution in [3.8, 4) is 0 Å². The second-order valence-corrected chi connectivity index (χ2v) is 6.07. The molecule has 0 radical (unpaired) electrons. The molecule has 0 aromatic carbocycles. The lowest BCUT2D eigenvalue weighted by Crippen LogP contribution is -2.35. The molecule has 0 spiro atoms. The number of nitrogens with zero attached hydrogens (tertiary/aromatic N) is 2. The number of aromatic nitrogens is 1. The van der Waals surface area contributed by atoms with Crippen LogP contribution in [-0.4, -0.2) is 48.1 Å². The highest BCUT2D eigenvalue weighted by molar-refractivity contribution is 7.89. The van der Waals surface area contributed by atoms with Crippen molar-refractivity contribution >= 4 is 16.0 Å². The van der Waals surface area contributed by atoms with Crippen molar-refractivity contribution in [1.29, 1.82) is 0 Å². The number of sulfonamides is 1. The lowest BCUT2D eigenvalue weighted by Gasteiger charge is -2.17. The summed E-state index contributed by atoms with van der Waals surface area (Å²) < 4.78 is 61.8. The van der Waals surface area contributed by atoms with Crippen LogP contribution in [0.5, 0.6) is 0 Å². The van der Waals surface area contributed by atoms with Crippen molar-refractivity contribution in [1.82, 2.24) is 8.87 Å². The van der Waals surface area contributed by atoms with Crippen LogP contribution in [0, 0.1) is 0 Å². The molecular weight excluding hydrogens is 301 g/mol. The zero-order valence-corrected chi connectivity index (χ0v) is 11.5. The molecule has 0 bridgehead atoms. The van der Waals surface area contributed by atoms with Gasteiger partial charge < -0.3 is 9.67 Å². The summed E-state index contributed by atoms with van der Waals surface area (Å²) in [6.45, 7) is 0.122. The monoisotopic (exact) mass is 314 g/mol. The van der Waals surface area contributed by atoms with E-state index in [9.17, 15) is 26.4 Å². The second kappa shape index (κ2) is 5.44. The molecule has 0 atom stereocenters. The highest BCUT2D eigenvalue weighted by Crippen LogP contribution is 2.23. The Morgan fingerprint density at radius 2 is 2.00 bits per heavy atom. The zero-order valence-electron chi connectivity index (χ0n) is 10.7. The SMILES string of the molecule is CCn1cc(S(=O)(=O)N(C)CC(F)(F)F)cc1C(=O)O. The standard InChI is InChI=1S/C10H13F3N2O4S/c1-3-15-5-7(4-8(15)9(16)17)20(18,19)14(2)6-10(11,12)13/h4-5H,3,6H2,1-2H3,(H,16,17). The van der Waals surface area contributed by atoms with E-state index in [-0.39, 0.29) is 16.5 Å². The van der Waals surface area contributed by atoms with Gasteiger partial charge in [-0.2, -0.15) is 17.5 Å². The van der Waals surface area contributed by atoms with Gasteiger partial charge in [0.2, 0.25) is 10.0 Å². The first-order chi connectivity index (χ1) is 8.99. The molecule has 1 N–H and O–H groups in total. The van der Waals surface area contributed by atoms with Crippen molar-refractivity contribution in [3.05, 3.63) is 18.0 Å². The van der Waals surface area contributed by atoms with E-state index in [0.29, 0.717) is 0 Å². The topological polar surface area (TPSA) is 79.6 Å². The minimum absolute atomic E-state index is 0.133. The van der Waals surface area contributed by atoms with Gasteiger partial charge in [-0.3, -0.25) is 0 Å². The lowest BCUT2D eigenvalue weighted by atomic mass is 10.4. The van der Waals surface area contributed by atoms with Gasteiger partial charge in [-0.15, -0.1) is 0 Å². The Balaban J connectivity index is 3.19. The van der Waals surface area contributed by atoms with Gasteiger partial charge in [-0.05, 0) is 13.0 Å². The molecule has 0 aliphatic heterocycles. The zero-order chi connectivity index (χ0) is 15.7. The fourth-order valence-corrected chi connectivity index (χ4v) is 2.78. The lowest BCUT2D eigenvalue weighted by molar-refractivity contribution is -0.134.